The van der Waals surface area contributed by atoms with E-state index in [9.17, 15) is 5.11 Å². The number of hydrogen-bond acceptors (Lipinski definition) is 5. The average molecular weight is 329 g/mol. The molecule has 1 saturated heterocycles. The predicted molar refractivity (Wildman–Crippen MR) is 87.6 cm³/mol. The Bertz CT molecular complexity index is 453. The number of rotatable bonds is 8. The number of morpholine rings is 1. The van der Waals surface area contributed by atoms with E-state index < -0.39 is 0 Å². The van der Waals surface area contributed by atoms with Crippen molar-refractivity contribution in [1.82, 2.24) is 9.80 Å². The fourth-order valence-corrected chi connectivity index (χ4v) is 2.87. The van der Waals surface area contributed by atoms with E-state index in [0.29, 0.717) is 17.3 Å². The molecular formula is C16H25ClN2O3. The van der Waals surface area contributed by atoms with Gasteiger partial charge in [-0.05, 0) is 17.7 Å². The number of halogens is 1. The highest BCUT2D eigenvalue weighted by Gasteiger charge is 2.13. The molecule has 1 heterocycles. The van der Waals surface area contributed by atoms with Gasteiger partial charge in [-0.15, -0.1) is 0 Å². The van der Waals surface area contributed by atoms with Crippen molar-refractivity contribution in [3.63, 3.8) is 0 Å². The fraction of sp³-hybridized carbons (Fsp3) is 0.625. The molecule has 0 aromatic heterocycles. The highest BCUT2D eigenvalue weighted by atomic mass is 35.5. The summed E-state index contributed by atoms with van der Waals surface area (Å²) in [7, 11) is 1.61. The molecule has 0 radical (unpaired) electrons. The van der Waals surface area contributed by atoms with Gasteiger partial charge in [-0.3, -0.25) is 9.80 Å². The lowest BCUT2D eigenvalue weighted by atomic mass is 10.2. The van der Waals surface area contributed by atoms with Crippen LogP contribution in [0.1, 0.15) is 5.56 Å². The molecule has 0 saturated carbocycles. The normalized spacial score (nSPS) is 16.2. The Balaban J connectivity index is 1.88. The minimum absolute atomic E-state index is 0.160. The van der Waals surface area contributed by atoms with Crippen LogP contribution in [0.25, 0.3) is 0 Å². The Morgan fingerprint density at radius 3 is 2.73 bits per heavy atom. The molecule has 1 aromatic carbocycles. The van der Waals surface area contributed by atoms with Gasteiger partial charge in [-0.25, -0.2) is 0 Å². The second kappa shape index (κ2) is 9.33. The van der Waals surface area contributed by atoms with E-state index in [0.717, 1.165) is 51.5 Å². The van der Waals surface area contributed by atoms with Gasteiger partial charge in [0.25, 0.3) is 0 Å². The van der Waals surface area contributed by atoms with Gasteiger partial charge in [-0.1, -0.05) is 17.7 Å². The zero-order valence-electron chi connectivity index (χ0n) is 13.1. The van der Waals surface area contributed by atoms with Gasteiger partial charge in [0.2, 0.25) is 0 Å². The van der Waals surface area contributed by atoms with Crippen molar-refractivity contribution in [2.24, 2.45) is 0 Å². The maximum atomic E-state index is 9.27. The third-order valence-corrected chi connectivity index (χ3v) is 4.17. The van der Waals surface area contributed by atoms with Crippen molar-refractivity contribution < 1.29 is 14.6 Å². The molecule has 1 fully saturated rings. The Morgan fingerprint density at radius 1 is 1.32 bits per heavy atom. The Hall–Kier alpha value is -0.850. The van der Waals surface area contributed by atoms with E-state index in [4.69, 9.17) is 21.1 Å². The number of hydrogen-bond donors (Lipinski definition) is 1. The lowest BCUT2D eigenvalue weighted by Gasteiger charge is -2.30. The molecule has 5 nitrogen and oxygen atoms in total. The Kier molecular flexibility index (Phi) is 7.42. The molecule has 0 bridgehead atoms. The zero-order chi connectivity index (χ0) is 15.8. The first-order valence-corrected chi connectivity index (χ1v) is 8.06. The van der Waals surface area contributed by atoms with Crippen LogP contribution in [-0.4, -0.2) is 74.6 Å². The van der Waals surface area contributed by atoms with Gasteiger partial charge in [0, 0.05) is 39.3 Å². The number of ether oxygens (including phenoxy) is 2. The summed E-state index contributed by atoms with van der Waals surface area (Å²) in [5.74, 6) is 0.687. The first kappa shape index (κ1) is 17.5. The molecular weight excluding hydrogens is 304 g/mol. The molecule has 124 valence electrons. The van der Waals surface area contributed by atoms with Crippen LogP contribution in [0.3, 0.4) is 0 Å². The third kappa shape index (κ3) is 5.41. The second-order valence-corrected chi connectivity index (χ2v) is 5.83. The molecule has 0 amide bonds. The molecule has 0 spiro atoms. The van der Waals surface area contributed by atoms with Crippen LogP contribution >= 0.6 is 11.6 Å². The maximum absolute atomic E-state index is 9.27. The Morgan fingerprint density at radius 2 is 2.09 bits per heavy atom. The summed E-state index contributed by atoms with van der Waals surface area (Å²) in [5, 5.41) is 9.89. The van der Waals surface area contributed by atoms with Crippen LogP contribution in [0.4, 0.5) is 0 Å². The van der Waals surface area contributed by atoms with Gasteiger partial charge in [0.15, 0.2) is 0 Å². The summed E-state index contributed by atoms with van der Waals surface area (Å²) < 4.78 is 10.5. The van der Waals surface area contributed by atoms with Crippen molar-refractivity contribution in [3.05, 3.63) is 28.8 Å². The first-order valence-electron chi connectivity index (χ1n) is 7.68. The molecule has 1 aromatic rings. The highest BCUT2D eigenvalue weighted by Crippen LogP contribution is 2.25. The van der Waals surface area contributed by atoms with Gasteiger partial charge in [-0.2, -0.15) is 0 Å². The molecule has 0 unspecified atom stereocenters. The monoisotopic (exact) mass is 328 g/mol. The number of benzene rings is 1. The van der Waals surface area contributed by atoms with E-state index in [1.165, 1.54) is 0 Å². The van der Waals surface area contributed by atoms with E-state index >= 15 is 0 Å². The van der Waals surface area contributed by atoms with E-state index in [2.05, 4.69) is 9.80 Å². The lowest BCUT2D eigenvalue weighted by molar-refractivity contribution is 0.0320. The number of aliphatic hydroxyl groups excluding tert-OH is 1. The van der Waals surface area contributed by atoms with Crippen molar-refractivity contribution >= 4 is 11.6 Å². The van der Waals surface area contributed by atoms with Crippen LogP contribution in [0.2, 0.25) is 5.02 Å². The molecule has 1 aliphatic heterocycles. The third-order valence-electron chi connectivity index (χ3n) is 3.87. The van der Waals surface area contributed by atoms with Crippen LogP contribution in [0.5, 0.6) is 5.75 Å². The largest absolute Gasteiger partial charge is 0.495 e. The first-order chi connectivity index (χ1) is 10.7. The molecule has 1 aliphatic rings. The summed E-state index contributed by atoms with van der Waals surface area (Å²) >= 11 is 6.17. The molecule has 22 heavy (non-hydrogen) atoms. The molecule has 2 rings (SSSR count). The van der Waals surface area contributed by atoms with E-state index in [-0.39, 0.29) is 6.61 Å². The maximum Gasteiger partial charge on any atom is 0.137 e. The fourth-order valence-electron chi connectivity index (χ4n) is 2.59. The van der Waals surface area contributed by atoms with Crippen LogP contribution in [0.15, 0.2) is 18.2 Å². The van der Waals surface area contributed by atoms with Gasteiger partial charge < -0.3 is 14.6 Å². The number of nitrogens with zero attached hydrogens (tertiary/aromatic N) is 2. The van der Waals surface area contributed by atoms with Crippen LogP contribution < -0.4 is 4.74 Å². The van der Waals surface area contributed by atoms with Crippen molar-refractivity contribution in [3.8, 4) is 5.75 Å². The van der Waals surface area contributed by atoms with Crippen LogP contribution in [0, 0.1) is 0 Å². The highest BCUT2D eigenvalue weighted by molar-refractivity contribution is 6.32. The summed E-state index contributed by atoms with van der Waals surface area (Å²) in [6, 6.07) is 5.83. The topological polar surface area (TPSA) is 45.2 Å². The average Bonchev–Trinajstić information content (AvgIpc) is 2.54. The molecule has 6 heteroatoms. The predicted octanol–water partition coefficient (Wildman–Crippen LogP) is 1.48. The smallest absolute Gasteiger partial charge is 0.137 e. The summed E-state index contributed by atoms with van der Waals surface area (Å²) in [4.78, 5) is 4.64. The zero-order valence-corrected chi connectivity index (χ0v) is 13.9. The summed E-state index contributed by atoms with van der Waals surface area (Å²) in [6.07, 6.45) is 0. The van der Waals surface area contributed by atoms with Crippen molar-refractivity contribution in [2.75, 3.05) is 59.7 Å². The standard InChI is InChI=1S/C16H25ClN2O3/c1-21-16-3-2-14(12-15(16)17)13-19(6-9-20)5-4-18-7-10-22-11-8-18/h2-3,12,20H,4-11,13H2,1H3. The van der Waals surface area contributed by atoms with Gasteiger partial charge >= 0.3 is 0 Å². The van der Waals surface area contributed by atoms with Crippen molar-refractivity contribution in [2.45, 2.75) is 6.54 Å². The summed E-state index contributed by atoms with van der Waals surface area (Å²) in [6.45, 7) is 7.11. The van der Waals surface area contributed by atoms with Gasteiger partial charge in [0.05, 0.1) is 32.0 Å². The molecule has 1 N–H and O–H groups in total. The lowest BCUT2D eigenvalue weighted by Crippen LogP contribution is -2.41. The number of methoxy groups -OCH3 is 1. The minimum atomic E-state index is 0.160. The SMILES string of the molecule is COc1ccc(CN(CCO)CCN2CCOCC2)cc1Cl. The minimum Gasteiger partial charge on any atom is -0.495 e. The quantitative estimate of drug-likeness (QED) is 0.783. The van der Waals surface area contributed by atoms with Crippen molar-refractivity contribution in [1.29, 1.82) is 0 Å². The summed E-state index contributed by atoms with van der Waals surface area (Å²) in [5.41, 5.74) is 1.13. The molecule has 0 aliphatic carbocycles. The van der Waals surface area contributed by atoms with Crippen LogP contribution in [-0.2, 0) is 11.3 Å². The van der Waals surface area contributed by atoms with E-state index in [1.54, 1.807) is 7.11 Å². The van der Waals surface area contributed by atoms with E-state index in [1.807, 2.05) is 18.2 Å². The second-order valence-electron chi connectivity index (χ2n) is 5.42. The Labute approximate surface area is 137 Å². The van der Waals surface area contributed by atoms with Gasteiger partial charge in [0.1, 0.15) is 5.75 Å². The number of aliphatic hydroxyl groups is 1. The molecule has 0 atom stereocenters.